The van der Waals surface area contributed by atoms with E-state index < -0.39 is 0 Å². The van der Waals surface area contributed by atoms with Crippen LogP contribution in [-0.4, -0.2) is 4.98 Å². The van der Waals surface area contributed by atoms with Crippen molar-refractivity contribution in [2.45, 2.75) is 4.21 Å². The Balaban J connectivity index is 2.56. The van der Waals surface area contributed by atoms with Crippen LogP contribution in [0.2, 0.25) is 5.02 Å². The van der Waals surface area contributed by atoms with E-state index >= 15 is 0 Å². The average molecular weight is 268 g/mol. The molecule has 0 fully saturated rings. The summed E-state index contributed by atoms with van der Waals surface area (Å²) in [6.07, 6.45) is 0. The molecule has 0 spiro atoms. The second kappa shape index (κ2) is 4.74. The number of benzene rings is 1. The Kier molecular flexibility index (Phi) is 3.34. The molecule has 0 aliphatic heterocycles. The summed E-state index contributed by atoms with van der Waals surface area (Å²) in [6.45, 7) is 0. The summed E-state index contributed by atoms with van der Waals surface area (Å²) in [5.74, 6) is 0. The largest absolute Gasteiger partial charge is 0.375 e. The lowest BCUT2D eigenvalue weighted by Crippen LogP contribution is -1.84. The highest BCUT2D eigenvalue weighted by molar-refractivity contribution is 8.05. The van der Waals surface area contributed by atoms with Gasteiger partial charge in [0.25, 0.3) is 0 Å². The number of nitrogens with two attached hydrogens (primary N) is 1. The molecule has 0 radical (unpaired) electrons. The van der Waals surface area contributed by atoms with Crippen molar-refractivity contribution < 1.29 is 0 Å². The van der Waals surface area contributed by atoms with E-state index in [1.54, 1.807) is 6.07 Å². The van der Waals surface area contributed by atoms with Gasteiger partial charge in [0.1, 0.15) is 9.61 Å². The molecule has 0 bridgehead atoms. The highest BCUT2D eigenvalue weighted by atomic mass is 35.5. The molecule has 2 rings (SSSR count). The molecule has 16 heavy (non-hydrogen) atoms. The van der Waals surface area contributed by atoms with Gasteiger partial charge in [-0.1, -0.05) is 41.1 Å². The molecule has 6 heteroatoms. The smallest absolute Gasteiger partial charge is 0.181 e. The summed E-state index contributed by atoms with van der Waals surface area (Å²) in [7, 11) is 0. The van der Waals surface area contributed by atoms with Crippen molar-refractivity contribution in [3.05, 3.63) is 29.3 Å². The third-order valence-corrected chi connectivity index (χ3v) is 3.86. The normalized spacial score (nSPS) is 10.0. The van der Waals surface area contributed by atoms with Crippen LogP contribution in [0.5, 0.6) is 0 Å². The highest BCUT2D eigenvalue weighted by Gasteiger charge is 2.14. The van der Waals surface area contributed by atoms with Crippen LogP contribution in [0.15, 0.2) is 28.5 Å². The van der Waals surface area contributed by atoms with E-state index in [9.17, 15) is 0 Å². The van der Waals surface area contributed by atoms with Gasteiger partial charge in [-0.25, -0.2) is 4.98 Å². The standard InChI is InChI=1S/C10H6ClN3S2/c11-7-4-2-1-3-6(7)8-9(15-5-12)16-10(13)14-8/h1-4H,(H2,13,14). The number of thiocyanates is 1. The van der Waals surface area contributed by atoms with Crippen molar-refractivity contribution in [2.75, 3.05) is 5.73 Å². The molecule has 0 amide bonds. The van der Waals surface area contributed by atoms with Gasteiger partial charge < -0.3 is 5.73 Å². The van der Waals surface area contributed by atoms with Gasteiger partial charge in [0.15, 0.2) is 5.13 Å². The fraction of sp³-hybridized carbons (Fsp3) is 0. The third kappa shape index (κ3) is 2.14. The quantitative estimate of drug-likeness (QED) is 0.667. The maximum Gasteiger partial charge on any atom is 0.181 e. The first-order chi connectivity index (χ1) is 7.72. The minimum Gasteiger partial charge on any atom is -0.375 e. The van der Waals surface area contributed by atoms with Crippen molar-refractivity contribution in [3.63, 3.8) is 0 Å². The first-order valence-corrected chi connectivity index (χ1v) is 6.30. The first-order valence-electron chi connectivity index (χ1n) is 4.29. The number of halogens is 1. The summed E-state index contributed by atoms with van der Waals surface area (Å²) >= 11 is 8.41. The molecule has 0 unspecified atom stereocenters. The maximum atomic E-state index is 8.69. The number of nitrogen functional groups attached to an aromatic ring is 1. The number of aromatic nitrogens is 1. The molecule has 2 N–H and O–H groups in total. The van der Waals surface area contributed by atoms with Gasteiger partial charge >= 0.3 is 0 Å². The summed E-state index contributed by atoms with van der Waals surface area (Å²) < 4.78 is 0.771. The number of hydrogen-bond donors (Lipinski definition) is 1. The molecule has 1 aromatic heterocycles. The van der Waals surface area contributed by atoms with Gasteiger partial charge in [0.05, 0.1) is 10.7 Å². The van der Waals surface area contributed by atoms with Gasteiger partial charge in [-0.3, -0.25) is 0 Å². The Morgan fingerprint density at radius 3 is 2.88 bits per heavy atom. The van der Waals surface area contributed by atoms with Crippen molar-refractivity contribution in [1.29, 1.82) is 5.26 Å². The Hall–Kier alpha value is -1.22. The minimum atomic E-state index is 0.438. The number of hydrogen-bond acceptors (Lipinski definition) is 5. The zero-order chi connectivity index (χ0) is 11.5. The highest BCUT2D eigenvalue weighted by Crippen LogP contribution is 2.39. The number of nitrogens with zero attached hydrogens (tertiary/aromatic N) is 2. The Morgan fingerprint density at radius 2 is 2.19 bits per heavy atom. The molecule has 2 aromatic rings. The van der Waals surface area contributed by atoms with Crippen LogP contribution in [0.25, 0.3) is 11.3 Å². The van der Waals surface area contributed by atoms with E-state index in [2.05, 4.69) is 4.98 Å². The van der Waals surface area contributed by atoms with Gasteiger partial charge in [-0.15, -0.1) is 0 Å². The Labute approximate surface area is 106 Å². The second-order valence-electron chi connectivity index (χ2n) is 2.86. The molecule has 80 valence electrons. The Bertz CT molecular complexity index is 559. The SMILES string of the molecule is N#CSc1sc(N)nc1-c1ccccc1Cl. The lowest BCUT2D eigenvalue weighted by Gasteiger charge is -2.00. The van der Waals surface area contributed by atoms with Crippen LogP contribution < -0.4 is 5.73 Å². The monoisotopic (exact) mass is 267 g/mol. The zero-order valence-electron chi connectivity index (χ0n) is 7.98. The van der Waals surface area contributed by atoms with Crippen LogP contribution in [0.3, 0.4) is 0 Å². The summed E-state index contributed by atoms with van der Waals surface area (Å²) in [6, 6.07) is 7.36. The van der Waals surface area contributed by atoms with Crippen LogP contribution >= 0.6 is 34.7 Å². The van der Waals surface area contributed by atoms with Crippen LogP contribution in [0, 0.1) is 10.7 Å². The van der Waals surface area contributed by atoms with Gasteiger partial charge in [-0.05, 0) is 6.07 Å². The van der Waals surface area contributed by atoms with E-state index in [-0.39, 0.29) is 0 Å². The van der Waals surface area contributed by atoms with Crippen molar-refractivity contribution in [1.82, 2.24) is 4.98 Å². The lowest BCUT2D eigenvalue weighted by molar-refractivity contribution is 1.37. The average Bonchev–Trinajstić information content (AvgIpc) is 2.61. The molecule has 3 nitrogen and oxygen atoms in total. The predicted molar refractivity (Wildman–Crippen MR) is 68.4 cm³/mol. The molecule has 1 heterocycles. The van der Waals surface area contributed by atoms with Gasteiger partial charge in [0.2, 0.25) is 0 Å². The molecule has 0 aliphatic rings. The molecule has 0 atom stereocenters. The van der Waals surface area contributed by atoms with Gasteiger partial charge in [0, 0.05) is 17.3 Å². The fourth-order valence-electron chi connectivity index (χ4n) is 1.26. The predicted octanol–water partition coefficient (Wildman–Crippen LogP) is 3.62. The molecule has 0 saturated heterocycles. The maximum absolute atomic E-state index is 8.69. The number of thiazole rings is 1. The van der Waals surface area contributed by atoms with E-state index in [1.807, 2.05) is 23.6 Å². The van der Waals surface area contributed by atoms with Crippen molar-refractivity contribution in [3.8, 4) is 16.7 Å². The first kappa shape index (κ1) is 11.3. The number of nitriles is 1. The van der Waals surface area contributed by atoms with E-state index in [4.69, 9.17) is 22.6 Å². The molecular formula is C10H6ClN3S2. The molecular weight excluding hydrogens is 262 g/mol. The molecule has 1 aromatic carbocycles. The topological polar surface area (TPSA) is 62.7 Å². The van der Waals surface area contributed by atoms with Gasteiger partial charge in [-0.2, -0.15) is 5.26 Å². The zero-order valence-corrected chi connectivity index (χ0v) is 10.4. The minimum absolute atomic E-state index is 0.438. The summed E-state index contributed by atoms with van der Waals surface area (Å²) in [5.41, 5.74) is 7.12. The van der Waals surface area contributed by atoms with E-state index in [1.165, 1.54) is 11.3 Å². The second-order valence-corrected chi connectivity index (χ2v) is 5.35. The van der Waals surface area contributed by atoms with Crippen LogP contribution in [0.4, 0.5) is 5.13 Å². The van der Waals surface area contributed by atoms with Crippen LogP contribution in [-0.2, 0) is 0 Å². The van der Waals surface area contributed by atoms with E-state index in [0.29, 0.717) is 15.8 Å². The number of thioether (sulfide) groups is 1. The van der Waals surface area contributed by atoms with Crippen LogP contribution in [0.1, 0.15) is 0 Å². The third-order valence-electron chi connectivity index (χ3n) is 1.88. The fourth-order valence-corrected chi connectivity index (χ4v) is 2.93. The molecule has 0 aliphatic carbocycles. The molecule has 0 saturated carbocycles. The Morgan fingerprint density at radius 1 is 1.44 bits per heavy atom. The van der Waals surface area contributed by atoms with Crippen molar-refractivity contribution in [2.24, 2.45) is 0 Å². The van der Waals surface area contributed by atoms with E-state index in [0.717, 1.165) is 21.5 Å². The number of rotatable bonds is 2. The lowest BCUT2D eigenvalue weighted by atomic mass is 10.2. The van der Waals surface area contributed by atoms with Crippen molar-refractivity contribution >= 4 is 39.8 Å². The summed E-state index contributed by atoms with van der Waals surface area (Å²) in [5, 5.41) is 11.7. The summed E-state index contributed by atoms with van der Waals surface area (Å²) in [4.78, 5) is 4.20. The number of anilines is 1.